The van der Waals surface area contributed by atoms with Gasteiger partial charge in [0, 0.05) is 29.0 Å². The van der Waals surface area contributed by atoms with E-state index in [-0.39, 0.29) is 23.8 Å². The van der Waals surface area contributed by atoms with Crippen molar-refractivity contribution in [3.8, 4) is 0 Å². The lowest BCUT2D eigenvalue weighted by Crippen LogP contribution is -2.53. The van der Waals surface area contributed by atoms with Gasteiger partial charge in [-0.15, -0.1) is 0 Å². The predicted octanol–water partition coefficient (Wildman–Crippen LogP) is 6.85. The maximum atomic E-state index is 14.4. The number of hydrogen-bond acceptors (Lipinski definition) is 4. The van der Waals surface area contributed by atoms with Crippen molar-refractivity contribution in [1.82, 2.24) is 10.2 Å². The lowest BCUT2D eigenvalue weighted by atomic mass is 10.0. The fourth-order valence-electron chi connectivity index (χ4n) is 4.73. The van der Waals surface area contributed by atoms with Gasteiger partial charge >= 0.3 is 0 Å². The van der Waals surface area contributed by atoms with E-state index < -0.39 is 28.5 Å². The smallest absolute Gasteiger partial charge is 0.264 e. The standard InChI is InChI=1S/C34H35BrClN3O4S/c1-2-3-22-37-34(41)32(23-26-12-6-4-7-13-26)38(24-27-14-10-11-17-31(27)36)33(40)25-39(29-20-18-28(35)19-21-29)44(42,43)30-15-8-5-9-16-30/h4-21,32H,2-3,22-25H2,1H3,(H,37,41)/t32-/m1/s1. The Kier molecular flexibility index (Phi) is 12.0. The summed E-state index contributed by atoms with van der Waals surface area (Å²) in [6.45, 7) is 1.97. The summed E-state index contributed by atoms with van der Waals surface area (Å²) in [5.41, 5.74) is 1.82. The Balaban J connectivity index is 1.78. The van der Waals surface area contributed by atoms with Gasteiger partial charge in [-0.25, -0.2) is 8.42 Å². The van der Waals surface area contributed by atoms with E-state index in [0.29, 0.717) is 22.8 Å². The maximum Gasteiger partial charge on any atom is 0.264 e. The second kappa shape index (κ2) is 15.9. The molecule has 1 atom stereocenters. The first-order valence-electron chi connectivity index (χ1n) is 14.4. The highest BCUT2D eigenvalue weighted by Gasteiger charge is 2.34. The van der Waals surface area contributed by atoms with E-state index in [9.17, 15) is 18.0 Å². The molecule has 4 aromatic rings. The van der Waals surface area contributed by atoms with Crippen molar-refractivity contribution in [2.24, 2.45) is 0 Å². The van der Waals surface area contributed by atoms with Crippen LogP contribution in [-0.2, 0) is 32.6 Å². The zero-order valence-electron chi connectivity index (χ0n) is 24.4. The number of sulfonamides is 1. The van der Waals surface area contributed by atoms with Crippen molar-refractivity contribution in [1.29, 1.82) is 0 Å². The van der Waals surface area contributed by atoms with Crippen LogP contribution in [0.5, 0.6) is 0 Å². The zero-order valence-corrected chi connectivity index (χ0v) is 27.6. The van der Waals surface area contributed by atoms with Crippen LogP contribution in [-0.4, -0.2) is 44.3 Å². The molecule has 4 rings (SSSR count). The number of nitrogens with zero attached hydrogens (tertiary/aromatic N) is 2. The number of hydrogen-bond donors (Lipinski definition) is 1. The summed E-state index contributed by atoms with van der Waals surface area (Å²) in [4.78, 5) is 29.7. The van der Waals surface area contributed by atoms with Crippen molar-refractivity contribution < 1.29 is 18.0 Å². The van der Waals surface area contributed by atoms with Crippen molar-refractivity contribution in [3.05, 3.63) is 130 Å². The number of halogens is 2. The summed E-state index contributed by atoms with van der Waals surface area (Å²) in [6, 6.07) is 30.3. The number of carbonyl (C=O) groups is 2. The van der Waals surface area contributed by atoms with E-state index in [4.69, 9.17) is 11.6 Å². The highest BCUT2D eigenvalue weighted by Crippen LogP contribution is 2.27. The molecule has 44 heavy (non-hydrogen) atoms. The van der Waals surface area contributed by atoms with Crippen LogP contribution in [0.15, 0.2) is 119 Å². The lowest BCUT2D eigenvalue weighted by molar-refractivity contribution is -0.140. The molecule has 0 unspecified atom stereocenters. The molecular weight excluding hydrogens is 662 g/mol. The molecule has 1 N–H and O–H groups in total. The van der Waals surface area contributed by atoms with Crippen molar-refractivity contribution in [3.63, 3.8) is 0 Å². The molecule has 0 bridgehead atoms. The summed E-state index contributed by atoms with van der Waals surface area (Å²) in [5.74, 6) is -0.859. The Morgan fingerprint density at radius 1 is 0.864 bits per heavy atom. The normalized spacial score (nSPS) is 11.9. The molecule has 0 aliphatic heterocycles. The molecule has 0 saturated heterocycles. The van der Waals surface area contributed by atoms with Gasteiger partial charge in [-0.1, -0.05) is 108 Å². The Morgan fingerprint density at radius 2 is 1.48 bits per heavy atom. The van der Waals surface area contributed by atoms with Crippen molar-refractivity contribution >= 4 is 55.1 Å². The SMILES string of the molecule is CCCCNC(=O)[C@@H](Cc1ccccc1)N(Cc1ccccc1Cl)C(=O)CN(c1ccc(Br)cc1)S(=O)(=O)c1ccccc1. The van der Waals surface area contributed by atoms with Gasteiger partial charge < -0.3 is 10.2 Å². The summed E-state index contributed by atoms with van der Waals surface area (Å²) >= 11 is 9.94. The lowest BCUT2D eigenvalue weighted by Gasteiger charge is -2.34. The molecule has 0 aliphatic rings. The molecule has 0 heterocycles. The van der Waals surface area contributed by atoms with E-state index >= 15 is 0 Å². The monoisotopic (exact) mass is 695 g/mol. The Hall–Kier alpha value is -3.66. The molecule has 0 fully saturated rings. The molecule has 0 aromatic heterocycles. The third kappa shape index (κ3) is 8.71. The number of amides is 2. The first-order chi connectivity index (χ1) is 21.2. The highest BCUT2D eigenvalue weighted by atomic mass is 79.9. The minimum Gasteiger partial charge on any atom is -0.354 e. The summed E-state index contributed by atoms with van der Waals surface area (Å²) in [6.07, 6.45) is 1.92. The van der Waals surface area contributed by atoms with Crippen LogP contribution in [0.1, 0.15) is 30.9 Å². The quantitative estimate of drug-likeness (QED) is 0.146. The molecule has 0 aliphatic carbocycles. The van der Waals surface area contributed by atoms with Gasteiger partial charge in [0.15, 0.2) is 0 Å². The summed E-state index contributed by atoms with van der Waals surface area (Å²) in [5, 5.41) is 3.43. The summed E-state index contributed by atoms with van der Waals surface area (Å²) in [7, 11) is -4.16. The van der Waals surface area contributed by atoms with Crippen LogP contribution in [0.25, 0.3) is 0 Å². The van der Waals surface area contributed by atoms with E-state index in [1.807, 2.05) is 43.3 Å². The van der Waals surface area contributed by atoms with Gasteiger partial charge in [0.2, 0.25) is 11.8 Å². The fourth-order valence-corrected chi connectivity index (χ4v) is 6.62. The average molecular weight is 697 g/mol. The third-order valence-electron chi connectivity index (χ3n) is 7.12. The number of anilines is 1. The van der Waals surface area contributed by atoms with Gasteiger partial charge in [-0.2, -0.15) is 0 Å². The number of nitrogens with one attached hydrogen (secondary N) is 1. The Labute approximate surface area is 273 Å². The minimum absolute atomic E-state index is 0.0107. The molecular formula is C34H35BrClN3O4S. The van der Waals surface area contributed by atoms with Gasteiger partial charge in [0.05, 0.1) is 10.6 Å². The molecule has 0 saturated carbocycles. The van der Waals surface area contributed by atoms with Gasteiger partial charge in [0.1, 0.15) is 12.6 Å². The van der Waals surface area contributed by atoms with Crippen LogP contribution in [0.2, 0.25) is 5.02 Å². The molecule has 0 radical (unpaired) electrons. The van der Waals surface area contributed by atoms with Gasteiger partial charge in [0.25, 0.3) is 10.0 Å². The first kappa shape index (κ1) is 33.2. The van der Waals surface area contributed by atoms with E-state index in [1.165, 1.54) is 17.0 Å². The number of benzene rings is 4. The maximum absolute atomic E-state index is 14.4. The summed E-state index contributed by atoms with van der Waals surface area (Å²) < 4.78 is 29.9. The highest BCUT2D eigenvalue weighted by molar-refractivity contribution is 9.10. The van der Waals surface area contributed by atoms with Gasteiger partial charge in [-0.05, 0) is 60.0 Å². The van der Waals surface area contributed by atoms with Crippen molar-refractivity contribution in [2.45, 2.75) is 43.7 Å². The van der Waals surface area contributed by atoms with Crippen LogP contribution >= 0.6 is 27.5 Å². The van der Waals surface area contributed by atoms with Gasteiger partial charge in [-0.3, -0.25) is 13.9 Å². The van der Waals surface area contributed by atoms with Crippen LogP contribution in [0.4, 0.5) is 5.69 Å². The van der Waals surface area contributed by atoms with E-state index in [0.717, 1.165) is 27.2 Å². The predicted molar refractivity (Wildman–Crippen MR) is 179 cm³/mol. The van der Waals surface area contributed by atoms with Crippen LogP contribution < -0.4 is 9.62 Å². The Bertz CT molecular complexity index is 1640. The molecule has 0 spiro atoms. The van der Waals surface area contributed by atoms with E-state index in [2.05, 4.69) is 21.2 Å². The number of unbranched alkanes of at least 4 members (excludes halogenated alkanes) is 1. The second-order valence-electron chi connectivity index (χ2n) is 10.3. The van der Waals surface area contributed by atoms with Crippen LogP contribution in [0.3, 0.4) is 0 Å². The topological polar surface area (TPSA) is 86.8 Å². The Morgan fingerprint density at radius 3 is 2.11 bits per heavy atom. The minimum atomic E-state index is -4.16. The third-order valence-corrected chi connectivity index (χ3v) is 9.81. The average Bonchev–Trinajstić information content (AvgIpc) is 3.03. The van der Waals surface area contributed by atoms with Crippen molar-refractivity contribution in [2.75, 3.05) is 17.4 Å². The van der Waals surface area contributed by atoms with Crippen LogP contribution in [0, 0.1) is 0 Å². The largest absolute Gasteiger partial charge is 0.354 e. The molecule has 230 valence electrons. The molecule has 7 nitrogen and oxygen atoms in total. The molecule has 10 heteroatoms. The number of rotatable bonds is 14. The molecule has 4 aromatic carbocycles. The zero-order chi connectivity index (χ0) is 31.5. The van der Waals surface area contributed by atoms with E-state index in [1.54, 1.807) is 60.7 Å². The first-order valence-corrected chi connectivity index (χ1v) is 17.0. The number of carbonyl (C=O) groups excluding carboxylic acids is 2. The second-order valence-corrected chi connectivity index (χ2v) is 13.4. The fraction of sp³-hybridized carbons (Fsp3) is 0.235. The molecule has 2 amide bonds.